The number of hydrogen-bond acceptors (Lipinski definition) is 7. The molecule has 0 aliphatic heterocycles. The van der Waals surface area contributed by atoms with Crippen LogP contribution in [0.2, 0.25) is 0 Å². The van der Waals surface area contributed by atoms with E-state index in [-0.39, 0.29) is 18.4 Å². The van der Waals surface area contributed by atoms with Crippen molar-refractivity contribution >= 4 is 29.3 Å². The molecule has 0 spiro atoms. The van der Waals surface area contributed by atoms with Crippen molar-refractivity contribution in [1.82, 2.24) is 20.1 Å². The van der Waals surface area contributed by atoms with E-state index in [0.29, 0.717) is 28.0 Å². The lowest BCUT2D eigenvalue weighted by molar-refractivity contribution is -0.115. The highest BCUT2D eigenvalue weighted by Gasteiger charge is 2.19. The van der Waals surface area contributed by atoms with Crippen molar-refractivity contribution in [3.05, 3.63) is 59.9 Å². The maximum atomic E-state index is 12.5. The summed E-state index contributed by atoms with van der Waals surface area (Å²) < 4.78 is 12.0. The summed E-state index contributed by atoms with van der Waals surface area (Å²) in [4.78, 5) is 24.9. The molecule has 1 atom stereocenters. The number of benzene rings is 2. The van der Waals surface area contributed by atoms with Gasteiger partial charge in [-0.1, -0.05) is 17.8 Å². The van der Waals surface area contributed by atoms with E-state index in [1.165, 1.54) is 11.8 Å². The Labute approximate surface area is 190 Å². The van der Waals surface area contributed by atoms with Crippen LogP contribution in [0.4, 0.5) is 5.69 Å². The Morgan fingerprint density at radius 3 is 2.47 bits per heavy atom. The van der Waals surface area contributed by atoms with Gasteiger partial charge in [0, 0.05) is 18.3 Å². The Morgan fingerprint density at radius 2 is 1.78 bits per heavy atom. The van der Waals surface area contributed by atoms with E-state index in [9.17, 15) is 9.59 Å². The number of aromatic nitrogens is 3. The summed E-state index contributed by atoms with van der Waals surface area (Å²) in [5, 5.41) is 14.2. The Hall–Kier alpha value is -3.53. The average Bonchev–Trinajstić information content (AvgIpc) is 3.16. The predicted octanol–water partition coefficient (Wildman–Crippen LogP) is 2.88. The highest BCUT2D eigenvalue weighted by Crippen LogP contribution is 2.23. The van der Waals surface area contributed by atoms with Crippen molar-refractivity contribution in [2.24, 2.45) is 7.05 Å². The van der Waals surface area contributed by atoms with E-state index < -0.39 is 5.25 Å². The fourth-order valence-corrected chi connectivity index (χ4v) is 3.59. The van der Waals surface area contributed by atoms with Gasteiger partial charge in [-0.25, -0.2) is 0 Å². The van der Waals surface area contributed by atoms with Crippen LogP contribution in [-0.2, 0) is 18.4 Å². The van der Waals surface area contributed by atoms with Crippen LogP contribution in [0.1, 0.15) is 23.1 Å². The summed E-state index contributed by atoms with van der Waals surface area (Å²) in [6, 6.07) is 14.0. The molecule has 0 saturated heterocycles. The molecule has 0 bridgehead atoms. The Bertz CT molecular complexity index is 1080. The molecule has 32 heavy (non-hydrogen) atoms. The third-order valence-corrected chi connectivity index (χ3v) is 5.81. The molecule has 0 unspecified atom stereocenters. The number of thioether (sulfide) groups is 1. The SMILES string of the molecule is COc1ccc(NC(=O)[C@H](C)Sc2nnc(CNC(=O)c3cccc(OC)c3)n2C)cc1. The molecule has 9 nitrogen and oxygen atoms in total. The van der Waals surface area contributed by atoms with Gasteiger partial charge in [-0.2, -0.15) is 0 Å². The summed E-state index contributed by atoms with van der Waals surface area (Å²) >= 11 is 1.28. The van der Waals surface area contributed by atoms with Crippen LogP contribution in [0.15, 0.2) is 53.7 Å². The zero-order chi connectivity index (χ0) is 23.1. The lowest BCUT2D eigenvalue weighted by Crippen LogP contribution is -2.25. The van der Waals surface area contributed by atoms with Crippen molar-refractivity contribution in [1.29, 1.82) is 0 Å². The lowest BCUT2D eigenvalue weighted by atomic mass is 10.2. The van der Waals surface area contributed by atoms with Crippen LogP contribution in [0.3, 0.4) is 0 Å². The minimum Gasteiger partial charge on any atom is -0.497 e. The largest absolute Gasteiger partial charge is 0.497 e. The van der Waals surface area contributed by atoms with E-state index in [0.717, 1.165) is 5.75 Å². The Kier molecular flexibility index (Phi) is 7.72. The average molecular weight is 456 g/mol. The van der Waals surface area contributed by atoms with Crippen molar-refractivity contribution in [2.75, 3.05) is 19.5 Å². The number of rotatable bonds is 9. The first-order valence-corrected chi connectivity index (χ1v) is 10.7. The van der Waals surface area contributed by atoms with Crippen molar-refractivity contribution in [3.8, 4) is 11.5 Å². The monoisotopic (exact) mass is 455 g/mol. The molecule has 3 rings (SSSR count). The van der Waals surface area contributed by atoms with Gasteiger partial charge < -0.3 is 24.7 Å². The third-order valence-electron chi connectivity index (χ3n) is 4.67. The van der Waals surface area contributed by atoms with Gasteiger partial charge in [0.2, 0.25) is 5.91 Å². The Balaban J connectivity index is 1.56. The first-order valence-electron chi connectivity index (χ1n) is 9.83. The van der Waals surface area contributed by atoms with Gasteiger partial charge in [0.15, 0.2) is 11.0 Å². The maximum Gasteiger partial charge on any atom is 0.251 e. The van der Waals surface area contributed by atoms with E-state index >= 15 is 0 Å². The summed E-state index contributed by atoms with van der Waals surface area (Å²) in [7, 11) is 4.93. The number of carbonyl (C=O) groups excluding carboxylic acids is 2. The molecule has 2 N–H and O–H groups in total. The van der Waals surface area contributed by atoms with Gasteiger partial charge in [0.05, 0.1) is 26.0 Å². The van der Waals surface area contributed by atoms with Crippen molar-refractivity contribution in [2.45, 2.75) is 23.9 Å². The van der Waals surface area contributed by atoms with Crippen LogP contribution in [0.25, 0.3) is 0 Å². The molecule has 0 radical (unpaired) electrons. The second-order valence-electron chi connectivity index (χ2n) is 6.85. The van der Waals surface area contributed by atoms with Crippen LogP contribution >= 0.6 is 11.8 Å². The molecule has 168 valence electrons. The van der Waals surface area contributed by atoms with Crippen molar-refractivity contribution < 1.29 is 19.1 Å². The molecule has 0 aliphatic rings. The third kappa shape index (κ3) is 5.79. The quantitative estimate of drug-likeness (QED) is 0.478. The fourth-order valence-electron chi connectivity index (χ4n) is 2.76. The van der Waals surface area contributed by atoms with Crippen LogP contribution in [0.5, 0.6) is 11.5 Å². The van der Waals surface area contributed by atoms with E-state index in [1.807, 2.05) is 0 Å². The standard InChI is InChI=1S/C22H25N5O4S/c1-14(20(28)24-16-8-10-17(30-3)11-9-16)32-22-26-25-19(27(22)2)13-23-21(29)15-6-5-7-18(12-15)31-4/h5-12,14H,13H2,1-4H3,(H,23,29)(H,24,28)/t14-/m0/s1. The number of hydrogen-bond donors (Lipinski definition) is 2. The first kappa shape index (κ1) is 23.1. The number of nitrogens with one attached hydrogen (secondary N) is 2. The van der Waals surface area contributed by atoms with E-state index in [1.54, 1.807) is 81.3 Å². The minimum absolute atomic E-state index is 0.156. The summed E-state index contributed by atoms with van der Waals surface area (Å²) in [5.41, 5.74) is 1.17. The zero-order valence-electron chi connectivity index (χ0n) is 18.3. The smallest absolute Gasteiger partial charge is 0.251 e. The van der Waals surface area contributed by atoms with Crippen molar-refractivity contribution in [3.63, 3.8) is 0 Å². The van der Waals surface area contributed by atoms with Gasteiger partial charge >= 0.3 is 0 Å². The van der Waals surface area contributed by atoms with Gasteiger partial charge in [-0.15, -0.1) is 10.2 Å². The molecular formula is C22H25N5O4S. The maximum absolute atomic E-state index is 12.5. The highest BCUT2D eigenvalue weighted by atomic mass is 32.2. The molecular weight excluding hydrogens is 430 g/mol. The topological polar surface area (TPSA) is 107 Å². The van der Waals surface area contributed by atoms with E-state index in [2.05, 4.69) is 20.8 Å². The van der Waals surface area contributed by atoms with Gasteiger partial charge in [-0.05, 0) is 49.4 Å². The predicted molar refractivity (Wildman–Crippen MR) is 122 cm³/mol. The molecule has 2 amide bonds. The van der Waals surface area contributed by atoms with E-state index in [4.69, 9.17) is 9.47 Å². The molecule has 0 fully saturated rings. The molecule has 1 heterocycles. The zero-order valence-corrected chi connectivity index (χ0v) is 19.1. The molecule has 2 aromatic carbocycles. The number of methoxy groups -OCH3 is 2. The number of nitrogens with zero attached hydrogens (tertiary/aromatic N) is 3. The first-order chi connectivity index (χ1) is 15.4. The number of amides is 2. The van der Waals surface area contributed by atoms with Gasteiger partial charge in [-0.3, -0.25) is 9.59 Å². The Morgan fingerprint density at radius 1 is 1.06 bits per heavy atom. The number of ether oxygens (including phenoxy) is 2. The molecule has 0 saturated carbocycles. The molecule has 0 aliphatic carbocycles. The van der Waals surface area contributed by atoms with Gasteiger partial charge in [0.1, 0.15) is 11.5 Å². The van der Waals surface area contributed by atoms with Crippen LogP contribution in [-0.4, -0.2) is 46.0 Å². The molecule has 1 aromatic heterocycles. The molecule has 3 aromatic rings. The number of anilines is 1. The fraction of sp³-hybridized carbons (Fsp3) is 0.273. The summed E-state index contributed by atoms with van der Waals surface area (Å²) in [6.45, 7) is 2.00. The second-order valence-corrected chi connectivity index (χ2v) is 8.16. The molecule has 10 heteroatoms. The lowest BCUT2D eigenvalue weighted by Gasteiger charge is -2.12. The summed E-state index contributed by atoms with van der Waals surface area (Å²) in [5.74, 6) is 1.50. The second kappa shape index (κ2) is 10.7. The van der Waals surface area contributed by atoms with Crippen LogP contribution in [0, 0.1) is 0 Å². The minimum atomic E-state index is -0.403. The summed E-state index contributed by atoms with van der Waals surface area (Å²) in [6.07, 6.45) is 0. The van der Waals surface area contributed by atoms with Gasteiger partial charge in [0.25, 0.3) is 5.91 Å². The normalized spacial score (nSPS) is 11.5. The number of carbonyl (C=O) groups is 2. The highest BCUT2D eigenvalue weighted by molar-refractivity contribution is 8.00. The van der Waals surface area contributed by atoms with Crippen LogP contribution < -0.4 is 20.1 Å².